The first kappa shape index (κ1) is 18.3. The summed E-state index contributed by atoms with van der Waals surface area (Å²) in [7, 11) is 1.56. The number of hydrogen-bond donors (Lipinski definition) is 0. The van der Waals surface area contributed by atoms with E-state index in [1.54, 1.807) is 18.9 Å². The average Bonchev–Trinajstić information content (AvgIpc) is 2.86. The number of ether oxygens (including phenoxy) is 1. The molecule has 26 heavy (non-hydrogen) atoms. The molecular weight excluding hydrogens is 326 g/mol. The number of ketones is 1. The first-order valence-corrected chi connectivity index (χ1v) is 8.88. The van der Waals surface area contributed by atoms with Gasteiger partial charge in [0.1, 0.15) is 18.2 Å². The zero-order valence-electron chi connectivity index (χ0n) is 15.9. The molecule has 1 saturated heterocycles. The highest BCUT2D eigenvalue weighted by Gasteiger charge is 2.51. The van der Waals surface area contributed by atoms with Gasteiger partial charge < -0.3 is 9.64 Å². The molecule has 0 bridgehead atoms. The van der Waals surface area contributed by atoms with Gasteiger partial charge in [0, 0.05) is 7.11 Å². The second-order valence-electron chi connectivity index (χ2n) is 7.04. The fourth-order valence-electron chi connectivity index (χ4n) is 4.07. The summed E-state index contributed by atoms with van der Waals surface area (Å²) in [5.74, 6) is -1.05. The third-order valence-electron chi connectivity index (χ3n) is 5.21. The van der Waals surface area contributed by atoms with Crippen LogP contribution in [0.25, 0.3) is 0 Å². The van der Waals surface area contributed by atoms with Gasteiger partial charge in [0.2, 0.25) is 5.91 Å². The molecule has 4 heteroatoms. The van der Waals surface area contributed by atoms with Crippen LogP contribution in [0.15, 0.2) is 42.5 Å². The fraction of sp³-hybridized carbons (Fsp3) is 0.364. The molecule has 136 valence electrons. The van der Waals surface area contributed by atoms with Gasteiger partial charge in [0.25, 0.3) is 0 Å². The lowest BCUT2D eigenvalue weighted by Gasteiger charge is -2.29. The summed E-state index contributed by atoms with van der Waals surface area (Å²) < 4.78 is 5.42. The van der Waals surface area contributed by atoms with Crippen LogP contribution in [0.3, 0.4) is 0 Å². The molecule has 0 saturated carbocycles. The Balaban J connectivity index is 2.15. The van der Waals surface area contributed by atoms with Gasteiger partial charge >= 0.3 is 0 Å². The number of nitrogens with zero attached hydrogens (tertiary/aromatic N) is 1. The number of carbonyl (C=O) groups excluding carboxylic acids is 2. The highest BCUT2D eigenvalue weighted by Crippen LogP contribution is 2.42. The van der Waals surface area contributed by atoms with Crippen LogP contribution < -0.4 is 0 Å². The van der Waals surface area contributed by atoms with Crippen LogP contribution in [0.4, 0.5) is 0 Å². The van der Waals surface area contributed by atoms with E-state index in [-0.39, 0.29) is 11.7 Å². The summed E-state index contributed by atoms with van der Waals surface area (Å²) in [5.41, 5.74) is 4.74. The Morgan fingerprint density at radius 2 is 1.58 bits per heavy atom. The second-order valence-corrected chi connectivity index (χ2v) is 7.04. The van der Waals surface area contributed by atoms with Gasteiger partial charge in [-0.3, -0.25) is 9.59 Å². The van der Waals surface area contributed by atoms with Gasteiger partial charge in [0.15, 0.2) is 5.78 Å². The summed E-state index contributed by atoms with van der Waals surface area (Å²) in [6, 6.07) is 12.9. The predicted molar refractivity (Wildman–Crippen MR) is 101 cm³/mol. The van der Waals surface area contributed by atoms with E-state index in [0.717, 1.165) is 27.8 Å². The van der Waals surface area contributed by atoms with Crippen LogP contribution in [0, 0.1) is 20.8 Å². The second kappa shape index (κ2) is 7.04. The molecule has 0 aliphatic carbocycles. The van der Waals surface area contributed by atoms with Gasteiger partial charge in [0.05, 0.1) is 0 Å². The highest BCUT2D eigenvalue weighted by molar-refractivity contribution is 6.15. The van der Waals surface area contributed by atoms with Crippen molar-refractivity contribution < 1.29 is 14.3 Å². The Morgan fingerprint density at radius 3 is 2.12 bits per heavy atom. The molecule has 1 aliphatic heterocycles. The van der Waals surface area contributed by atoms with Crippen LogP contribution in [0.2, 0.25) is 0 Å². The minimum atomic E-state index is -0.779. The third kappa shape index (κ3) is 2.95. The molecule has 1 fully saturated rings. The smallest absolute Gasteiger partial charge is 0.240 e. The number of carbonyl (C=O) groups is 2. The number of rotatable bonds is 4. The lowest BCUT2D eigenvalue weighted by molar-refractivity contribution is -0.142. The summed E-state index contributed by atoms with van der Waals surface area (Å²) >= 11 is 0. The van der Waals surface area contributed by atoms with Crippen molar-refractivity contribution in [3.05, 3.63) is 70.3 Å². The molecule has 0 aromatic heterocycles. The van der Waals surface area contributed by atoms with Gasteiger partial charge in [-0.2, -0.15) is 0 Å². The van der Waals surface area contributed by atoms with Gasteiger partial charge in [-0.05, 0) is 49.9 Å². The van der Waals surface area contributed by atoms with Gasteiger partial charge in [-0.1, -0.05) is 48.0 Å². The molecule has 1 heterocycles. The fourth-order valence-corrected chi connectivity index (χ4v) is 4.07. The van der Waals surface area contributed by atoms with Crippen LogP contribution in [0.1, 0.15) is 46.7 Å². The lowest BCUT2D eigenvalue weighted by Crippen LogP contribution is -2.38. The highest BCUT2D eigenvalue weighted by atomic mass is 16.5. The van der Waals surface area contributed by atoms with E-state index >= 15 is 0 Å². The topological polar surface area (TPSA) is 46.6 Å². The Bertz CT molecular complexity index is 821. The van der Waals surface area contributed by atoms with Crippen molar-refractivity contribution in [1.82, 2.24) is 4.90 Å². The van der Waals surface area contributed by atoms with Gasteiger partial charge in [-0.15, -0.1) is 0 Å². The normalized spacial score (nSPS) is 21.3. The average molecular weight is 351 g/mol. The van der Waals surface area contributed by atoms with E-state index in [9.17, 15) is 9.59 Å². The molecule has 3 unspecified atom stereocenters. The van der Waals surface area contributed by atoms with Crippen molar-refractivity contribution >= 4 is 11.7 Å². The molecule has 2 aromatic carbocycles. The molecule has 1 aliphatic rings. The molecule has 3 rings (SSSR count). The molecule has 4 nitrogen and oxygen atoms in total. The number of hydrogen-bond acceptors (Lipinski definition) is 3. The Kier molecular flexibility index (Phi) is 4.97. The SMILES string of the molecule is COC(C)N1C(=O)C(c2c(C)cc(C)cc2C)C(=O)C1c1ccccc1. The van der Waals surface area contributed by atoms with Crippen molar-refractivity contribution in [3.63, 3.8) is 0 Å². The van der Waals surface area contributed by atoms with Crippen molar-refractivity contribution in [2.24, 2.45) is 0 Å². The van der Waals surface area contributed by atoms with E-state index in [0.29, 0.717) is 0 Å². The van der Waals surface area contributed by atoms with E-state index in [1.807, 2.05) is 63.2 Å². The molecule has 2 aromatic rings. The quantitative estimate of drug-likeness (QED) is 0.786. The van der Waals surface area contributed by atoms with Crippen molar-refractivity contribution in [2.45, 2.75) is 45.9 Å². The van der Waals surface area contributed by atoms with Crippen molar-refractivity contribution in [1.29, 1.82) is 0 Å². The summed E-state index contributed by atoms with van der Waals surface area (Å²) in [6.45, 7) is 7.76. The molecular formula is C22H25NO3. The van der Waals surface area contributed by atoms with Crippen LogP contribution in [-0.2, 0) is 14.3 Å². The Hall–Kier alpha value is -2.46. The largest absolute Gasteiger partial charge is 0.362 e. The molecule has 0 spiro atoms. The lowest BCUT2D eigenvalue weighted by atomic mass is 9.86. The maximum Gasteiger partial charge on any atom is 0.240 e. The molecule has 3 atom stereocenters. The van der Waals surface area contributed by atoms with E-state index in [2.05, 4.69) is 0 Å². The number of aryl methyl sites for hydroxylation is 3. The molecule has 1 amide bonds. The van der Waals surface area contributed by atoms with Crippen LogP contribution in [-0.4, -0.2) is 29.9 Å². The standard InChI is InChI=1S/C22H25NO3/c1-13-11-14(2)18(15(3)12-13)19-21(24)20(17-9-7-6-8-10-17)23(22(19)25)16(4)26-5/h6-12,16,19-20H,1-5H3. The summed E-state index contributed by atoms with van der Waals surface area (Å²) in [4.78, 5) is 28.3. The number of Topliss-reactive ketones (excluding diaryl/α,β-unsaturated/α-hetero) is 1. The monoisotopic (exact) mass is 351 g/mol. The Labute approximate surface area is 154 Å². The predicted octanol–water partition coefficient (Wildman–Crippen LogP) is 3.84. The van der Waals surface area contributed by atoms with E-state index < -0.39 is 18.2 Å². The summed E-state index contributed by atoms with van der Waals surface area (Å²) in [6.07, 6.45) is -0.479. The molecule has 0 radical (unpaired) electrons. The number of benzene rings is 2. The van der Waals surface area contributed by atoms with Crippen LogP contribution >= 0.6 is 0 Å². The third-order valence-corrected chi connectivity index (χ3v) is 5.21. The minimum absolute atomic E-state index is 0.0832. The van der Waals surface area contributed by atoms with Crippen molar-refractivity contribution in [3.8, 4) is 0 Å². The van der Waals surface area contributed by atoms with Crippen molar-refractivity contribution in [2.75, 3.05) is 7.11 Å². The maximum atomic E-state index is 13.4. The Morgan fingerprint density at radius 1 is 1.00 bits per heavy atom. The number of methoxy groups -OCH3 is 1. The summed E-state index contributed by atoms with van der Waals surface area (Å²) in [5, 5.41) is 0. The zero-order chi connectivity index (χ0) is 19.0. The van der Waals surface area contributed by atoms with E-state index in [1.165, 1.54) is 0 Å². The first-order chi connectivity index (χ1) is 12.4. The maximum absolute atomic E-state index is 13.4. The van der Waals surface area contributed by atoms with Crippen LogP contribution in [0.5, 0.6) is 0 Å². The molecule has 0 N–H and O–H groups in total. The van der Waals surface area contributed by atoms with Gasteiger partial charge in [-0.25, -0.2) is 0 Å². The first-order valence-electron chi connectivity index (χ1n) is 8.88. The van der Waals surface area contributed by atoms with E-state index in [4.69, 9.17) is 4.74 Å². The zero-order valence-corrected chi connectivity index (χ0v) is 15.9. The number of amides is 1. The minimum Gasteiger partial charge on any atom is -0.362 e. The number of likely N-dealkylation sites (tertiary alicyclic amines) is 1.